The monoisotopic (exact) mass is 514 g/mol. The summed E-state index contributed by atoms with van der Waals surface area (Å²) < 4.78 is 10.7. The zero-order chi connectivity index (χ0) is 27.4. The minimum Gasteiger partial charge on any atom is -0.543 e. The van der Waals surface area contributed by atoms with Crippen LogP contribution in [-0.2, 0) is 19.1 Å². The average Bonchev–Trinajstić information content (AvgIpc) is 3.32. The third-order valence-electron chi connectivity index (χ3n) is 6.68. The molecule has 0 aliphatic carbocycles. The number of carbonyl (C=O) groups is 4. The first-order valence-corrected chi connectivity index (χ1v) is 12.5. The van der Waals surface area contributed by atoms with Crippen molar-refractivity contribution in [3.05, 3.63) is 0 Å². The topological polar surface area (TPSA) is 173 Å². The van der Waals surface area contributed by atoms with Gasteiger partial charge in [-0.2, -0.15) is 0 Å². The summed E-state index contributed by atoms with van der Waals surface area (Å²) in [5, 5.41) is 22.6. The Kier molecular flexibility index (Phi) is 9.22. The molecule has 2 amide bonds. The minimum absolute atomic E-state index is 0.153. The summed E-state index contributed by atoms with van der Waals surface area (Å²) in [6.45, 7) is 17.3. The van der Waals surface area contributed by atoms with E-state index in [1.165, 1.54) is 25.9 Å². The Labute approximate surface area is 212 Å². The number of amides is 2. The standard InChI is InChI=1S/2C11H20N2O2.C2H2O4/c2*1-10(2,3)15-9(14)13-7-5-11(8-13)4-6-12-11;3-1(4)2(5)6/h2*12H,4-8H2,1-3H3;(H,3,4)(H,5,6). The van der Waals surface area contributed by atoms with Gasteiger partial charge in [-0.1, -0.05) is 0 Å². The highest BCUT2D eigenvalue weighted by atomic mass is 16.6. The van der Waals surface area contributed by atoms with Crippen LogP contribution >= 0.6 is 0 Å². The molecule has 12 heteroatoms. The summed E-state index contributed by atoms with van der Waals surface area (Å²) in [5.74, 6) is -4.37. The number of nitrogens with zero attached hydrogens (tertiary/aromatic N) is 2. The number of hydrogen-bond donors (Lipinski definition) is 2. The van der Waals surface area contributed by atoms with Crippen molar-refractivity contribution >= 4 is 24.1 Å². The Morgan fingerprint density at radius 1 is 0.667 bits per heavy atom. The second-order valence-electron chi connectivity index (χ2n) is 12.1. The van der Waals surface area contributed by atoms with E-state index >= 15 is 0 Å². The summed E-state index contributed by atoms with van der Waals surface area (Å²) in [4.78, 5) is 45.1. The molecule has 4 fully saturated rings. The highest BCUT2D eigenvalue weighted by Crippen LogP contribution is 2.26. The van der Waals surface area contributed by atoms with Gasteiger partial charge in [0.05, 0.1) is 51.0 Å². The summed E-state index contributed by atoms with van der Waals surface area (Å²) in [5.41, 5.74) is -0.0693. The molecule has 4 aliphatic rings. The molecule has 0 bridgehead atoms. The van der Waals surface area contributed by atoms with E-state index in [1.807, 2.05) is 51.3 Å². The van der Waals surface area contributed by atoms with E-state index in [0.29, 0.717) is 11.1 Å². The number of carboxylic acid groups (broad SMARTS) is 2. The van der Waals surface area contributed by atoms with E-state index in [2.05, 4.69) is 10.6 Å². The number of ether oxygens (including phenoxy) is 2. The summed E-state index contributed by atoms with van der Waals surface area (Å²) in [7, 11) is 0. The molecular formula is C24H42N4O8. The number of nitrogens with two attached hydrogens (primary N) is 2. The van der Waals surface area contributed by atoms with Gasteiger partial charge in [0.2, 0.25) is 0 Å². The number of quaternary nitrogens is 2. The number of carbonyl (C=O) groups excluding carboxylic acids is 4. The van der Waals surface area contributed by atoms with Gasteiger partial charge in [-0.15, -0.1) is 0 Å². The normalized spacial score (nSPS) is 26.6. The SMILES string of the molecule is CC(C)(C)OC(=O)N1CCC2(CC[NH2+]2)C1.CC(C)(C)OC(=O)N1CCC2(CC[NH2+]2)C1.O=C([O-])C(=O)[O-]. The van der Waals surface area contributed by atoms with Crippen molar-refractivity contribution in [2.24, 2.45) is 0 Å². The van der Waals surface area contributed by atoms with Crippen LogP contribution < -0.4 is 20.8 Å². The maximum Gasteiger partial charge on any atom is 0.410 e. The van der Waals surface area contributed by atoms with Crippen LogP contribution in [0.4, 0.5) is 9.59 Å². The summed E-state index contributed by atoms with van der Waals surface area (Å²) >= 11 is 0. The quantitative estimate of drug-likeness (QED) is 0.325. The van der Waals surface area contributed by atoms with Crippen molar-refractivity contribution in [2.75, 3.05) is 39.3 Å². The van der Waals surface area contributed by atoms with Crippen LogP contribution in [0.3, 0.4) is 0 Å². The zero-order valence-corrected chi connectivity index (χ0v) is 22.4. The molecule has 4 N–H and O–H groups in total. The lowest BCUT2D eigenvalue weighted by molar-refractivity contribution is -0.780. The molecule has 36 heavy (non-hydrogen) atoms. The van der Waals surface area contributed by atoms with E-state index in [9.17, 15) is 9.59 Å². The molecule has 4 rings (SSSR count). The third kappa shape index (κ3) is 8.81. The molecule has 0 aromatic carbocycles. The first-order valence-electron chi connectivity index (χ1n) is 12.5. The highest BCUT2D eigenvalue weighted by Gasteiger charge is 2.50. The molecular weight excluding hydrogens is 472 g/mol. The van der Waals surface area contributed by atoms with Gasteiger partial charge >= 0.3 is 12.2 Å². The van der Waals surface area contributed by atoms with Crippen LogP contribution in [0.15, 0.2) is 0 Å². The van der Waals surface area contributed by atoms with Crippen LogP contribution in [0.25, 0.3) is 0 Å². The molecule has 2 spiro atoms. The number of hydrogen-bond acceptors (Lipinski definition) is 8. The smallest absolute Gasteiger partial charge is 0.410 e. The molecule has 4 saturated heterocycles. The first kappa shape index (κ1) is 29.6. The van der Waals surface area contributed by atoms with Gasteiger partial charge in [-0.05, 0) is 41.5 Å². The molecule has 0 aromatic rings. The van der Waals surface area contributed by atoms with Crippen molar-refractivity contribution in [3.8, 4) is 0 Å². The van der Waals surface area contributed by atoms with Crippen LogP contribution in [0.5, 0.6) is 0 Å². The molecule has 0 aromatic heterocycles. The van der Waals surface area contributed by atoms with Crippen molar-refractivity contribution in [1.29, 1.82) is 0 Å². The van der Waals surface area contributed by atoms with E-state index in [4.69, 9.17) is 29.3 Å². The first-order chi connectivity index (χ1) is 16.4. The fourth-order valence-corrected chi connectivity index (χ4v) is 4.60. The van der Waals surface area contributed by atoms with Gasteiger partial charge < -0.3 is 49.7 Å². The largest absolute Gasteiger partial charge is 0.543 e. The van der Waals surface area contributed by atoms with Crippen LogP contribution in [0, 0.1) is 0 Å². The molecule has 4 aliphatic heterocycles. The number of rotatable bonds is 0. The van der Waals surface area contributed by atoms with Crippen LogP contribution in [0.1, 0.15) is 67.2 Å². The number of likely N-dealkylation sites (tertiary alicyclic amines) is 2. The molecule has 0 saturated carbocycles. The van der Waals surface area contributed by atoms with Crippen LogP contribution in [-0.4, -0.2) is 95.5 Å². The predicted molar refractivity (Wildman–Crippen MR) is 123 cm³/mol. The summed E-state index contributed by atoms with van der Waals surface area (Å²) in [6, 6.07) is 0. The maximum atomic E-state index is 11.8. The molecule has 2 atom stereocenters. The highest BCUT2D eigenvalue weighted by molar-refractivity contribution is 6.25. The van der Waals surface area contributed by atoms with Gasteiger partial charge in [0.15, 0.2) is 0 Å². The Bertz CT molecular complexity index is 757. The predicted octanol–water partition coefficient (Wildman–Crippen LogP) is -2.85. The van der Waals surface area contributed by atoms with Gasteiger partial charge in [-0.25, -0.2) is 9.59 Å². The lowest BCUT2D eigenvalue weighted by Crippen LogP contribution is -3.06. The lowest BCUT2D eigenvalue weighted by atomic mass is 9.87. The Balaban J connectivity index is 0.000000208. The van der Waals surface area contributed by atoms with Crippen molar-refractivity contribution in [2.45, 2.75) is 89.5 Å². The van der Waals surface area contributed by atoms with Gasteiger partial charge in [0, 0.05) is 25.9 Å². The lowest BCUT2D eigenvalue weighted by Gasteiger charge is -2.35. The van der Waals surface area contributed by atoms with Gasteiger partial charge in [-0.3, -0.25) is 0 Å². The molecule has 12 nitrogen and oxygen atoms in total. The number of carboxylic acids is 2. The van der Waals surface area contributed by atoms with Crippen molar-refractivity contribution in [1.82, 2.24) is 9.80 Å². The minimum atomic E-state index is -2.19. The Morgan fingerprint density at radius 3 is 1.14 bits per heavy atom. The second kappa shape index (κ2) is 11.2. The van der Waals surface area contributed by atoms with Gasteiger partial charge in [0.25, 0.3) is 0 Å². The maximum absolute atomic E-state index is 11.8. The zero-order valence-electron chi connectivity index (χ0n) is 22.4. The fourth-order valence-electron chi connectivity index (χ4n) is 4.60. The second-order valence-corrected chi connectivity index (χ2v) is 12.1. The van der Waals surface area contributed by atoms with Crippen molar-refractivity contribution < 1.29 is 49.5 Å². The molecule has 206 valence electrons. The Hall–Kier alpha value is -2.60. The summed E-state index contributed by atoms with van der Waals surface area (Å²) in [6.07, 6.45) is 4.41. The van der Waals surface area contributed by atoms with Crippen molar-refractivity contribution in [3.63, 3.8) is 0 Å². The van der Waals surface area contributed by atoms with Gasteiger partial charge in [0.1, 0.15) is 22.3 Å². The molecule has 2 unspecified atom stereocenters. The third-order valence-corrected chi connectivity index (χ3v) is 6.68. The van der Waals surface area contributed by atoms with E-state index in [0.717, 1.165) is 39.0 Å². The number of aliphatic carboxylic acids is 2. The average molecular weight is 515 g/mol. The van der Waals surface area contributed by atoms with Crippen LogP contribution in [0.2, 0.25) is 0 Å². The van der Waals surface area contributed by atoms with E-state index < -0.39 is 11.9 Å². The fraction of sp³-hybridized carbons (Fsp3) is 0.833. The van der Waals surface area contributed by atoms with E-state index in [1.54, 1.807) is 0 Å². The van der Waals surface area contributed by atoms with E-state index in [-0.39, 0.29) is 23.4 Å². The molecule has 0 radical (unpaired) electrons. The molecule has 4 heterocycles. The Morgan fingerprint density at radius 2 is 0.972 bits per heavy atom.